The number of rotatable bonds is 4. The van der Waals surface area contributed by atoms with Crippen molar-refractivity contribution in [2.24, 2.45) is 0 Å². The van der Waals surface area contributed by atoms with Gasteiger partial charge in [-0.1, -0.05) is 23.7 Å². The fourth-order valence-electron chi connectivity index (χ4n) is 2.01. The molecule has 0 saturated carbocycles. The van der Waals surface area contributed by atoms with Crippen LogP contribution in [0.15, 0.2) is 59.5 Å². The van der Waals surface area contributed by atoms with E-state index < -0.39 is 0 Å². The lowest BCUT2D eigenvalue weighted by Crippen LogP contribution is -2.22. The zero-order chi connectivity index (χ0) is 16.2. The third kappa shape index (κ3) is 3.67. The number of ether oxygens (including phenoxy) is 1. The number of carbonyl (C=O) groups is 1. The van der Waals surface area contributed by atoms with E-state index in [9.17, 15) is 9.59 Å². The summed E-state index contributed by atoms with van der Waals surface area (Å²) >= 11 is 5.84. The average Bonchev–Trinajstić information content (AvgIpc) is 2.53. The van der Waals surface area contributed by atoms with E-state index in [0.717, 1.165) is 0 Å². The van der Waals surface area contributed by atoms with Crippen LogP contribution in [0.5, 0.6) is 5.88 Å². The van der Waals surface area contributed by atoms with Gasteiger partial charge in [0.15, 0.2) is 6.61 Å². The largest absolute Gasteiger partial charge is 0.467 e. The summed E-state index contributed by atoms with van der Waals surface area (Å²) in [5.41, 5.74) is 0.740. The van der Waals surface area contributed by atoms with Gasteiger partial charge in [0.2, 0.25) is 5.88 Å². The van der Waals surface area contributed by atoms with Gasteiger partial charge in [0, 0.05) is 16.9 Å². The highest BCUT2D eigenvalue weighted by atomic mass is 35.5. The Morgan fingerprint density at radius 2 is 2.09 bits per heavy atom. The third-order valence-corrected chi connectivity index (χ3v) is 3.24. The van der Waals surface area contributed by atoms with E-state index in [4.69, 9.17) is 16.3 Å². The van der Waals surface area contributed by atoms with Gasteiger partial charge >= 0.3 is 0 Å². The lowest BCUT2D eigenvalue weighted by atomic mass is 10.3. The molecular formula is C16H12ClN3O3. The second-order valence-electron chi connectivity index (χ2n) is 4.71. The zero-order valence-electron chi connectivity index (χ0n) is 11.9. The summed E-state index contributed by atoms with van der Waals surface area (Å²) in [5, 5.41) is 3.17. The monoisotopic (exact) mass is 329 g/mol. The van der Waals surface area contributed by atoms with Gasteiger partial charge in [-0.3, -0.25) is 14.0 Å². The number of hydrogen-bond acceptors (Lipinski definition) is 4. The van der Waals surface area contributed by atoms with Crippen LogP contribution < -0.4 is 15.6 Å². The number of anilines is 1. The quantitative estimate of drug-likeness (QED) is 0.797. The standard InChI is InChI=1S/C16H12ClN3O3/c17-11-4-3-5-12(8-11)18-14(21)10-23-15-9-16(22)20-7-2-1-6-13(20)19-15/h1-9H,10H2,(H,18,21). The first-order valence-corrected chi connectivity index (χ1v) is 7.16. The van der Waals surface area contributed by atoms with Crippen LogP contribution >= 0.6 is 11.6 Å². The molecule has 1 aromatic carbocycles. The predicted molar refractivity (Wildman–Crippen MR) is 87.0 cm³/mol. The topological polar surface area (TPSA) is 72.7 Å². The minimum absolute atomic E-state index is 0.0995. The summed E-state index contributed by atoms with van der Waals surface area (Å²) in [6, 6.07) is 13.2. The number of hydrogen-bond donors (Lipinski definition) is 1. The van der Waals surface area contributed by atoms with Crippen LogP contribution in [-0.4, -0.2) is 21.9 Å². The number of pyridine rings is 1. The molecule has 0 spiro atoms. The molecule has 0 unspecified atom stereocenters. The van der Waals surface area contributed by atoms with E-state index in [1.54, 1.807) is 48.7 Å². The Labute approximate surface area is 136 Å². The number of carbonyl (C=O) groups excluding carboxylic acids is 1. The molecule has 2 heterocycles. The minimum Gasteiger partial charge on any atom is -0.467 e. The summed E-state index contributed by atoms with van der Waals surface area (Å²) < 4.78 is 6.68. The molecule has 23 heavy (non-hydrogen) atoms. The maximum atomic E-state index is 11.9. The first kappa shape index (κ1) is 15.1. The molecule has 6 nitrogen and oxygen atoms in total. The molecule has 0 bridgehead atoms. The SMILES string of the molecule is O=C(COc1cc(=O)n2ccccc2n1)Nc1cccc(Cl)c1. The molecule has 3 rings (SSSR count). The highest BCUT2D eigenvalue weighted by Crippen LogP contribution is 2.14. The Bertz CT molecular complexity index is 924. The molecule has 0 atom stereocenters. The lowest BCUT2D eigenvalue weighted by Gasteiger charge is -2.08. The molecule has 1 amide bonds. The summed E-state index contributed by atoms with van der Waals surface area (Å²) in [6.45, 7) is -0.262. The van der Waals surface area contributed by atoms with Crippen LogP contribution in [0.1, 0.15) is 0 Å². The van der Waals surface area contributed by atoms with Crippen LogP contribution in [0.2, 0.25) is 5.02 Å². The van der Waals surface area contributed by atoms with E-state index in [1.807, 2.05) is 0 Å². The van der Waals surface area contributed by atoms with Gasteiger partial charge in [-0.25, -0.2) is 0 Å². The molecule has 0 fully saturated rings. The molecule has 116 valence electrons. The number of halogens is 1. The first-order chi connectivity index (χ1) is 11.1. The van der Waals surface area contributed by atoms with E-state index in [1.165, 1.54) is 10.5 Å². The second-order valence-corrected chi connectivity index (χ2v) is 5.15. The molecule has 0 aliphatic carbocycles. The molecule has 1 N–H and O–H groups in total. The van der Waals surface area contributed by atoms with Crippen molar-refractivity contribution in [3.8, 4) is 5.88 Å². The Balaban J connectivity index is 1.68. The summed E-state index contributed by atoms with van der Waals surface area (Å²) in [7, 11) is 0. The number of aromatic nitrogens is 2. The molecule has 0 saturated heterocycles. The number of benzene rings is 1. The molecule has 2 aromatic heterocycles. The minimum atomic E-state index is -0.373. The van der Waals surface area contributed by atoms with E-state index in [-0.39, 0.29) is 24.0 Å². The second kappa shape index (κ2) is 6.50. The van der Waals surface area contributed by atoms with Crippen LogP contribution in [0, 0.1) is 0 Å². The van der Waals surface area contributed by atoms with Gasteiger partial charge in [-0.2, -0.15) is 4.98 Å². The molecule has 0 aliphatic rings. The summed E-state index contributed by atoms with van der Waals surface area (Å²) in [6.07, 6.45) is 1.61. The van der Waals surface area contributed by atoms with Crippen LogP contribution in [0.25, 0.3) is 5.65 Å². The smallest absolute Gasteiger partial charge is 0.262 e. The van der Waals surface area contributed by atoms with Crippen molar-refractivity contribution in [3.63, 3.8) is 0 Å². The van der Waals surface area contributed by atoms with Crippen molar-refractivity contribution in [2.75, 3.05) is 11.9 Å². The van der Waals surface area contributed by atoms with Gasteiger partial charge < -0.3 is 10.1 Å². The fraction of sp³-hybridized carbons (Fsp3) is 0.0625. The van der Waals surface area contributed by atoms with Gasteiger partial charge in [0.1, 0.15) is 5.65 Å². The van der Waals surface area contributed by atoms with Crippen molar-refractivity contribution in [3.05, 3.63) is 70.1 Å². The van der Waals surface area contributed by atoms with Crippen molar-refractivity contribution >= 4 is 28.8 Å². The van der Waals surface area contributed by atoms with Gasteiger partial charge in [0.25, 0.3) is 11.5 Å². The van der Waals surface area contributed by atoms with E-state index >= 15 is 0 Å². The highest BCUT2D eigenvalue weighted by molar-refractivity contribution is 6.30. The molecule has 0 radical (unpaired) electrons. The Kier molecular flexibility index (Phi) is 4.25. The lowest BCUT2D eigenvalue weighted by molar-refractivity contribution is -0.118. The van der Waals surface area contributed by atoms with Crippen molar-refractivity contribution in [1.29, 1.82) is 0 Å². The number of nitrogens with one attached hydrogen (secondary N) is 1. The zero-order valence-corrected chi connectivity index (χ0v) is 12.7. The van der Waals surface area contributed by atoms with Crippen LogP contribution in [0.3, 0.4) is 0 Å². The molecular weight excluding hydrogens is 318 g/mol. The van der Waals surface area contributed by atoms with Gasteiger partial charge in [-0.15, -0.1) is 0 Å². The van der Waals surface area contributed by atoms with E-state index in [0.29, 0.717) is 16.4 Å². The van der Waals surface area contributed by atoms with Crippen LogP contribution in [0.4, 0.5) is 5.69 Å². The molecule has 3 aromatic rings. The third-order valence-electron chi connectivity index (χ3n) is 3.01. The summed E-state index contributed by atoms with van der Waals surface area (Å²) in [5.74, 6) is -0.273. The van der Waals surface area contributed by atoms with Gasteiger partial charge in [-0.05, 0) is 30.3 Å². The first-order valence-electron chi connectivity index (χ1n) is 6.78. The maximum Gasteiger partial charge on any atom is 0.262 e. The molecule has 7 heteroatoms. The Hall–Kier alpha value is -2.86. The number of nitrogens with zero attached hydrogens (tertiary/aromatic N) is 2. The Morgan fingerprint density at radius 3 is 2.91 bits per heavy atom. The van der Waals surface area contributed by atoms with Crippen molar-refractivity contribution in [2.45, 2.75) is 0 Å². The highest BCUT2D eigenvalue weighted by Gasteiger charge is 2.07. The predicted octanol–water partition coefficient (Wildman–Crippen LogP) is 2.37. The maximum absolute atomic E-state index is 11.9. The number of fused-ring (bicyclic) bond motifs is 1. The van der Waals surface area contributed by atoms with E-state index in [2.05, 4.69) is 10.3 Å². The Morgan fingerprint density at radius 1 is 1.22 bits per heavy atom. The van der Waals surface area contributed by atoms with Crippen molar-refractivity contribution < 1.29 is 9.53 Å². The summed E-state index contributed by atoms with van der Waals surface area (Å²) in [4.78, 5) is 27.9. The molecule has 0 aliphatic heterocycles. The van der Waals surface area contributed by atoms with Crippen LogP contribution in [-0.2, 0) is 4.79 Å². The van der Waals surface area contributed by atoms with Crippen molar-refractivity contribution in [1.82, 2.24) is 9.38 Å². The average molecular weight is 330 g/mol. The number of amides is 1. The van der Waals surface area contributed by atoms with Gasteiger partial charge in [0.05, 0.1) is 6.07 Å². The fourth-order valence-corrected chi connectivity index (χ4v) is 2.20. The normalized spacial score (nSPS) is 10.5.